The molecule has 4 unspecified atom stereocenters. The zero-order valence-corrected chi connectivity index (χ0v) is 20.2. The second-order valence-corrected chi connectivity index (χ2v) is 8.82. The molecule has 182 valence electrons. The minimum Gasteiger partial charge on any atom is -0.453 e. The van der Waals surface area contributed by atoms with Gasteiger partial charge in [-0.2, -0.15) is 0 Å². The maximum absolute atomic E-state index is 12.1. The summed E-state index contributed by atoms with van der Waals surface area (Å²) < 4.78 is 29.6. The Bertz CT molecular complexity index is 940. The highest BCUT2D eigenvalue weighted by molar-refractivity contribution is 5.67. The van der Waals surface area contributed by atoms with Gasteiger partial charge in [0, 0.05) is 6.92 Å². The molecule has 34 heavy (non-hydrogen) atoms. The maximum atomic E-state index is 12.1. The van der Waals surface area contributed by atoms with Gasteiger partial charge in [0.25, 0.3) is 0 Å². The molecular formula is C28H34O6. The lowest BCUT2D eigenvalue weighted by atomic mass is 9.66. The molecule has 0 aromatic heterocycles. The molecule has 1 saturated carbocycles. The number of esters is 1. The molecule has 0 aliphatic heterocycles. The predicted molar refractivity (Wildman–Crippen MR) is 128 cm³/mol. The molecule has 0 N–H and O–H groups in total. The van der Waals surface area contributed by atoms with Crippen LogP contribution in [0.15, 0.2) is 60.7 Å². The normalized spacial score (nSPS) is 26.5. The third-order valence-corrected chi connectivity index (χ3v) is 6.34. The quantitative estimate of drug-likeness (QED) is 0.204. The van der Waals surface area contributed by atoms with Gasteiger partial charge in [-0.05, 0) is 36.8 Å². The second-order valence-electron chi connectivity index (χ2n) is 8.82. The van der Waals surface area contributed by atoms with Crippen LogP contribution in [0.1, 0.15) is 44.7 Å². The highest BCUT2D eigenvalue weighted by atomic mass is 16.7. The van der Waals surface area contributed by atoms with Gasteiger partial charge in [0.1, 0.15) is 19.7 Å². The second kappa shape index (κ2) is 12.1. The molecule has 6 nitrogen and oxygen atoms in total. The molecule has 1 aliphatic carbocycles. The van der Waals surface area contributed by atoms with Gasteiger partial charge in [-0.3, -0.25) is 4.79 Å². The van der Waals surface area contributed by atoms with E-state index in [4.69, 9.17) is 30.1 Å². The van der Waals surface area contributed by atoms with Crippen LogP contribution < -0.4 is 0 Å². The van der Waals surface area contributed by atoms with Crippen molar-refractivity contribution in [3.8, 4) is 12.3 Å². The highest BCUT2D eigenvalue weighted by Crippen LogP contribution is 2.46. The lowest BCUT2D eigenvalue weighted by Gasteiger charge is -2.53. The van der Waals surface area contributed by atoms with E-state index in [1.807, 2.05) is 60.7 Å². The van der Waals surface area contributed by atoms with Crippen LogP contribution in [-0.2, 0) is 41.7 Å². The van der Waals surface area contributed by atoms with Crippen LogP contribution >= 0.6 is 0 Å². The SMILES string of the molecule is C#CC1(OCOCc2ccccc2)CCC(C)C(OCOCc2ccccc2)C1(C)OC(C)=O. The fourth-order valence-electron chi connectivity index (χ4n) is 4.57. The molecule has 2 aromatic carbocycles. The Morgan fingerprint density at radius 3 is 2.09 bits per heavy atom. The fraction of sp³-hybridized carbons (Fsp3) is 0.464. The standard InChI is InChI=1S/C28H34O6/c1-5-28(33-21-31-19-25-14-10-7-11-15-25)17-16-22(2)26(27(28,4)34-23(3)29)32-20-30-18-24-12-8-6-9-13-24/h1,6-15,22,26H,16-21H2,2-4H3. The minimum atomic E-state index is -1.22. The Kier molecular flexibility index (Phi) is 9.26. The van der Waals surface area contributed by atoms with E-state index in [-0.39, 0.29) is 19.5 Å². The topological polar surface area (TPSA) is 63.2 Å². The monoisotopic (exact) mass is 466 g/mol. The zero-order valence-electron chi connectivity index (χ0n) is 20.2. The van der Waals surface area contributed by atoms with Crippen molar-refractivity contribution in [2.24, 2.45) is 5.92 Å². The van der Waals surface area contributed by atoms with Gasteiger partial charge in [0.2, 0.25) is 0 Å². The Hall–Kier alpha value is -2.69. The highest BCUT2D eigenvalue weighted by Gasteiger charge is 2.61. The summed E-state index contributed by atoms with van der Waals surface area (Å²) in [4.78, 5) is 12.1. The number of carbonyl (C=O) groups excluding carboxylic acids is 1. The van der Waals surface area contributed by atoms with E-state index < -0.39 is 23.3 Å². The van der Waals surface area contributed by atoms with E-state index in [1.165, 1.54) is 6.92 Å². The Morgan fingerprint density at radius 2 is 1.56 bits per heavy atom. The maximum Gasteiger partial charge on any atom is 0.303 e. The Labute approximate surface area is 202 Å². The predicted octanol–water partition coefficient (Wildman–Crippen LogP) is 4.86. The molecule has 0 spiro atoms. The third-order valence-electron chi connectivity index (χ3n) is 6.34. The zero-order chi connectivity index (χ0) is 24.4. The van der Waals surface area contributed by atoms with Crippen molar-refractivity contribution in [1.29, 1.82) is 0 Å². The molecule has 0 saturated heterocycles. The minimum absolute atomic E-state index is 0.0336. The van der Waals surface area contributed by atoms with Crippen molar-refractivity contribution >= 4 is 5.97 Å². The van der Waals surface area contributed by atoms with Crippen LogP contribution in [0.25, 0.3) is 0 Å². The summed E-state index contributed by atoms with van der Waals surface area (Å²) in [6, 6.07) is 19.6. The molecule has 1 aliphatic rings. The van der Waals surface area contributed by atoms with E-state index in [0.29, 0.717) is 19.6 Å². The van der Waals surface area contributed by atoms with Crippen LogP contribution in [0.2, 0.25) is 0 Å². The summed E-state index contributed by atoms with van der Waals surface area (Å²) in [6.45, 7) is 5.98. The van der Waals surface area contributed by atoms with Gasteiger partial charge >= 0.3 is 5.97 Å². The Balaban J connectivity index is 1.68. The molecule has 3 rings (SSSR count). The number of rotatable bonds is 11. The lowest BCUT2D eigenvalue weighted by Crippen LogP contribution is -2.67. The first-order valence-corrected chi connectivity index (χ1v) is 11.6. The molecular weight excluding hydrogens is 432 g/mol. The van der Waals surface area contributed by atoms with Crippen LogP contribution in [0.3, 0.4) is 0 Å². The Morgan fingerprint density at radius 1 is 1.00 bits per heavy atom. The van der Waals surface area contributed by atoms with E-state index >= 15 is 0 Å². The van der Waals surface area contributed by atoms with Crippen molar-refractivity contribution in [1.82, 2.24) is 0 Å². The van der Waals surface area contributed by atoms with Gasteiger partial charge < -0.3 is 23.7 Å². The van der Waals surface area contributed by atoms with Gasteiger partial charge in [-0.25, -0.2) is 0 Å². The van der Waals surface area contributed by atoms with Crippen LogP contribution in [0.5, 0.6) is 0 Å². The molecule has 0 bridgehead atoms. The third kappa shape index (κ3) is 6.25. The van der Waals surface area contributed by atoms with E-state index in [2.05, 4.69) is 12.8 Å². The number of hydrogen-bond acceptors (Lipinski definition) is 6. The average molecular weight is 467 g/mol. The van der Waals surface area contributed by atoms with Crippen molar-refractivity contribution in [2.75, 3.05) is 13.6 Å². The van der Waals surface area contributed by atoms with Gasteiger partial charge in [-0.15, -0.1) is 6.42 Å². The van der Waals surface area contributed by atoms with E-state index in [9.17, 15) is 4.79 Å². The van der Waals surface area contributed by atoms with Gasteiger partial charge in [0.05, 0.1) is 13.2 Å². The van der Waals surface area contributed by atoms with Crippen molar-refractivity contribution in [3.63, 3.8) is 0 Å². The first-order chi connectivity index (χ1) is 16.4. The number of ether oxygens (including phenoxy) is 5. The van der Waals surface area contributed by atoms with Crippen molar-refractivity contribution < 1.29 is 28.5 Å². The smallest absolute Gasteiger partial charge is 0.303 e. The molecule has 6 heteroatoms. The van der Waals surface area contributed by atoms with Gasteiger partial charge in [0.15, 0.2) is 11.2 Å². The number of terminal acetylenes is 1. The molecule has 1 fully saturated rings. The molecule has 0 heterocycles. The fourth-order valence-corrected chi connectivity index (χ4v) is 4.57. The number of hydrogen-bond donors (Lipinski definition) is 0. The van der Waals surface area contributed by atoms with Gasteiger partial charge in [-0.1, -0.05) is 73.5 Å². The summed E-state index contributed by atoms with van der Waals surface area (Å²) >= 11 is 0. The first kappa shape index (κ1) is 25.9. The van der Waals surface area contributed by atoms with Crippen LogP contribution in [-0.4, -0.2) is 36.9 Å². The number of benzene rings is 2. The summed E-state index contributed by atoms with van der Waals surface area (Å²) in [5.41, 5.74) is -0.358. The van der Waals surface area contributed by atoms with Crippen molar-refractivity contribution in [3.05, 3.63) is 71.8 Å². The summed E-state index contributed by atoms with van der Waals surface area (Å²) in [5, 5.41) is 0. The van der Waals surface area contributed by atoms with Crippen molar-refractivity contribution in [2.45, 2.75) is 64.1 Å². The summed E-state index contributed by atoms with van der Waals surface area (Å²) in [7, 11) is 0. The molecule has 0 radical (unpaired) electrons. The van der Waals surface area contributed by atoms with Crippen LogP contribution in [0, 0.1) is 18.3 Å². The lowest BCUT2D eigenvalue weighted by molar-refractivity contribution is -0.279. The number of carbonyl (C=O) groups is 1. The van der Waals surface area contributed by atoms with E-state index in [0.717, 1.165) is 17.5 Å². The summed E-state index contributed by atoms with van der Waals surface area (Å²) in [5.74, 6) is 2.39. The average Bonchev–Trinajstić information content (AvgIpc) is 2.83. The largest absolute Gasteiger partial charge is 0.453 e. The molecule has 0 amide bonds. The summed E-state index contributed by atoms with van der Waals surface area (Å²) in [6.07, 6.45) is 6.74. The van der Waals surface area contributed by atoms with E-state index in [1.54, 1.807) is 6.92 Å². The van der Waals surface area contributed by atoms with Crippen LogP contribution in [0.4, 0.5) is 0 Å². The molecule has 2 aromatic rings. The first-order valence-electron chi connectivity index (χ1n) is 11.6. The molecule has 4 atom stereocenters.